The van der Waals surface area contributed by atoms with Gasteiger partial charge in [-0.15, -0.1) is 0 Å². The fourth-order valence-corrected chi connectivity index (χ4v) is 6.83. The third-order valence-corrected chi connectivity index (χ3v) is 8.77. The molecule has 166 valence electrons. The number of benzene rings is 1. The molecule has 0 amide bonds. The van der Waals surface area contributed by atoms with Crippen molar-refractivity contribution >= 4 is 0 Å². The summed E-state index contributed by atoms with van der Waals surface area (Å²) in [6.07, 6.45) is 20.5. The lowest BCUT2D eigenvalue weighted by molar-refractivity contribution is 0.138. The Labute approximate surface area is 182 Å². The molecule has 0 heterocycles. The zero-order chi connectivity index (χ0) is 21.1. The minimum Gasteiger partial charge on any atom is -0.203 e. The van der Waals surface area contributed by atoms with Crippen molar-refractivity contribution in [2.45, 2.75) is 96.8 Å². The van der Waals surface area contributed by atoms with Gasteiger partial charge in [-0.05, 0) is 124 Å². The molecule has 3 aliphatic rings. The van der Waals surface area contributed by atoms with Crippen molar-refractivity contribution in [1.29, 1.82) is 0 Å². The second-order valence-electron chi connectivity index (χ2n) is 10.6. The molecule has 0 bridgehead atoms. The smallest absolute Gasteiger partial charge is 0.162 e. The van der Waals surface area contributed by atoms with Gasteiger partial charge in [-0.2, -0.15) is 0 Å². The van der Waals surface area contributed by atoms with Crippen molar-refractivity contribution in [3.05, 3.63) is 47.0 Å². The van der Waals surface area contributed by atoms with E-state index in [0.29, 0.717) is 11.1 Å². The standard InChI is InChI=1S/C28H40F2/c1-3-4-20-6-8-21(9-7-20)22-10-12-23(13-11-22)24-14-16-25(17-15-24)26-18-5-19(2)27(29)28(26)30/h5-6,8,18,20-25H,3-4,7,9-17H2,1-2H3. The van der Waals surface area contributed by atoms with Gasteiger partial charge in [0.1, 0.15) is 0 Å². The second kappa shape index (κ2) is 9.96. The lowest BCUT2D eigenvalue weighted by Crippen LogP contribution is -2.28. The topological polar surface area (TPSA) is 0 Å². The molecule has 1 aromatic rings. The van der Waals surface area contributed by atoms with Crippen LogP contribution in [0.3, 0.4) is 0 Å². The van der Waals surface area contributed by atoms with Crippen LogP contribution >= 0.6 is 0 Å². The summed E-state index contributed by atoms with van der Waals surface area (Å²) in [5, 5.41) is 0. The zero-order valence-electron chi connectivity index (χ0n) is 19.0. The molecule has 4 rings (SSSR count). The summed E-state index contributed by atoms with van der Waals surface area (Å²) in [5.41, 5.74) is 1.03. The van der Waals surface area contributed by atoms with Crippen molar-refractivity contribution in [2.24, 2.45) is 29.6 Å². The Morgan fingerprint density at radius 1 is 0.733 bits per heavy atom. The summed E-state index contributed by atoms with van der Waals surface area (Å²) >= 11 is 0. The lowest BCUT2D eigenvalue weighted by Gasteiger charge is -2.40. The summed E-state index contributed by atoms with van der Waals surface area (Å²) in [6, 6.07) is 3.57. The van der Waals surface area contributed by atoms with Crippen LogP contribution in [0.15, 0.2) is 24.3 Å². The van der Waals surface area contributed by atoms with Gasteiger partial charge < -0.3 is 0 Å². The highest BCUT2D eigenvalue weighted by Gasteiger charge is 2.34. The highest BCUT2D eigenvalue weighted by Crippen LogP contribution is 2.46. The van der Waals surface area contributed by atoms with E-state index >= 15 is 0 Å². The molecule has 0 radical (unpaired) electrons. The maximum Gasteiger partial charge on any atom is 0.162 e. The molecule has 1 aromatic carbocycles. The van der Waals surface area contributed by atoms with Crippen LogP contribution in [0.2, 0.25) is 0 Å². The van der Waals surface area contributed by atoms with Crippen LogP contribution in [0.4, 0.5) is 8.78 Å². The van der Waals surface area contributed by atoms with Crippen LogP contribution in [0, 0.1) is 48.1 Å². The summed E-state index contributed by atoms with van der Waals surface area (Å²) in [6.45, 7) is 3.94. The average Bonchev–Trinajstić information content (AvgIpc) is 2.79. The molecule has 0 aliphatic heterocycles. The quantitative estimate of drug-likeness (QED) is 0.422. The predicted octanol–water partition coefficient (Wildman–Crippen LogP) is 8.74. The molecule has 0 aromatic heterocycles. The molecule has 2 saturated carbocycles. The fourth-order valence-electron chi connectivity index (χ4n) is 6.83. The van der Waals surface area contributed by atoms with Gasteiger partial charge >= 0.3 is 0 Å². The van der Waals surface area contributed by atoms with E-state index in [9.17, 15) is 8.78 Å². The first-order chi connectivity index (χ1) is 14.6. The third-order valence-electron chi connectivity index (χ3n) is 8.77. The predicted molar refractivity (Wildman–Crippen MR) is 122 cm³/mol. The minimum absolute atomic E-state index is 0.205. The lowest BCUT2D eigenvalue weighted by atomic mass is 9.65. The first-order valence-electron chi connectivity index (χ1n) is 12.7. The van der Waals surface area contributed by atoms with Gasteiger partial charge in [-0.1, -0.05) is 37.6 Å². The molecule has 2 heteroatoms. The van der Waals surface area contributed by atoms with Crippen molar-refractivity contribution in [1.82, 2.24) is 0 Å². The minimum atomic E-state index is -0.647. The number of allylic oxidation sites excluding steroid dienone is 2. The monoisotopic (exact) mass is 414 g/mol. The van der Waals surface area contributed by atoms with Crippen LogP contribution in [-0.4, -0.2) is 0 Å². The molecule has 0 nitrogen and oxygen atoms in total. The van der Waals surface area contributed by atoms with Gasteiger partial charge in [0.2, 0.25) is 0 Å². The Kier molecular flexibility index (Phi) is 7.32. The molecular formula is C28H40F2. The molecule has 0 spiro atoms. The van der Waals surface area contributed by atoms with Crippen LogP contribution < -0.4 is 0 Å². The second-order valence-corrected chi connectivity index (χ2v) is 10.6. The number of halogens is 2. The summed E-state index contributed by atoms with van der Waals surface area (Å²) in [7, 11) is 0. The van der Waals surface area contributed by atoms with E-state index in [2.05, 4.69) is 19.1 Å². The number of rotatable bonds is 5. The molecule has 0 N–H and O–H groups in total. The van der Waals surface area contributed by atoms with Crippen molar-refractivity contribution < 1.29 is 8.78 Å². The maximum absolute atomic E-state index is 14.4. The SMILES string of the molecule is CCCC1C=CC(C2CCC(C3CCC(c4ccc(C)c(F)c4F)CC3)CC2)CC1. The number of hydrogen-bond acceptors (Lipinski definition) is 0. The van der Waals surface area contributed by atoms with E-state index in [-0.39, 0.29) is 5.92 Å². The number of aryl methyl sites for hydroxylation is 1. The first-order valence-corrected chi connectivity index (χ1v) is 12.7. The summed E-state index contributed by atoms with van der Waals surface area (Å²) < 4.78 is 28.4. The Bertz CT molecular complexity index is 720. The summed E-state index contributed by atoms with van der Waals surface area (Å²) in [4.78, 5) is 0. The van der Waals surface area contributed by atoms with Crippen LogP contribution in [0.5, 0.6) is 0 Å². The van der Waals surface area contributed by atoms with Crippen molar-refractivity contribution in [2.75, 3.05) is 0 Å². The van der Waals surface area contributed by atoms with Gasteiger partial charge in [0.05, 0.1) is 0 Å². The van der Waals surface area contributed by atoms with Gasteiger partial charge in [-0.25, -0.2) is 8.78 Å². The van der Waals surface area contributed by atoms with E-state index in [0.717, 1.165) is 42.4 Å². The Balaban J connectivity index is 1.25. The molecular weight excluding hydrogens is 374 g/mol. The highest BCUT2D eigenvalue weighted by atomic mass is 19.2. The Morgan fingerprint density at radius 3 is 1.97 bits per heavy atom. The van der Waals surface area contributed by atoms with Gasteiger partial charge in [0.25, 0.3) is 0 Å². The van der Waals surface area contributed by atoms with Gasteiger partial charge in [0, 0.05) is 0 Å². The van der Waals surface area contributed by atoms with Crippen molar-refractivity contribution in [3.63, 3.8) is 0 Å². The summed E-state index contributed by atoms with van der Waals surface area (Å²) in [5.74, 6) is 3.20. The zero-order valence-corrected chi connectivity index (χ0v) is 19.0. The molecule has 3 aliphatic carbocycles. The molecule has 2 fully saturated rings. The van der Waals surface area contributed by atoms with Gasteiger partial charge in [0.15, 0.2) is 11.6 Å². The Morgan fingerprint density at radius 2 is 1.37 bits per heavy atom. The largest absolute Gasteiger partial charge is 0.203 e. The van der Waals surface area contributed by atoms with Crippen molar-refractivity contribution in [3.8, 4) is 0 Å². The fraction of sp³-hybridized carbons (Fsp3) is 0.714. The normalized spacial score (nSPS) is 34.8. The van der Waals surface area contributed by atoms with Crippen LogP contribution in [0.1, 0.15) is 101 Å². The van der Waals surface area contributed by atoms with E-state index in [1.54, 1.807) is 13.0 Å². The molecule has 2 unspecified atom stereocenters. The molecule has 0 saturated heterocycles. The number of hydrogen-bond donors (Lipinski definition) is 0. The van der Waals surface area contributed by atoms with E-state index < -0.39 is 11.6 Å². The van der Waals surface area contributed by atoms with E-state index in [1.807, 2.05) is 6.07 Å². The average molecular weight is 415 g/mol. The third kappa shape index (κ3) is 4.83. The first kappa shape index (κ1) is 22.0. The molecule has 30 heavy (non-hydrogen) atoms. The van der Waals surface area contributed by atoms with Crippen LogP contribution in [-0.2, 0) is 0 Å². The van der Waals surface area contributed by atoms with Gasteiger partial charge in [-0.3, -0.25) is 0 Å². The van der Waals surface area contributed by atoms with Crippen LogP contribution in [0.25, 0.3) is 0 Å². The molecule has 2 atom stereocenters. The maximum atomic E-state index is 14.4. The Hall–Kier alpha value is -1.18. The highest BCUT2D eigenvalue weighted by molar-refractivity contribution is 5.28. The van der Waals surface area contributed by atoms with E-state index in [1.165, 1.54) is 64.2 Å². The van der Waals surface area contributed by atoms with E-state index in [4.69, 9.17) is 0 Å².